The Balaban J connectivity index is 1.86. The fraction of sp³-hybridized carbons (Fsp3) is 0.571. The van der Waals surface area contributed by atoms with Crippen LogP contribution in [0.5, 0.6) is 5.75 Å². The van der Waals surface area contributed by atoms with Crippen LogP contribution in [0, 0.1) is 5.92 Å². The number of ether oxygens (including phenoxy) is 1. The number of nitrogens with two attached hydrogens (primary N) is 1. The molecule has 0 bridgehead atoms. The lowest BCUT2D eigenvalue weighted by Gasteiger charge is -2.25. The SMILES string of the molecule is COc1cc(NCC2CCC(O)CC2)ccc1N. The van der Waals surface area contributed by atoms with Gasteiger partial charge in [-0.3, -0.25) is 0 Å². The Kier molecular flexibility index (Phi) is 4.31. The van der Waals surface area contributed by atoms with E-state index >= 15 is 0 Å². The Morgan fingerprint density at radius 1 is 1.33 bits per heavy atom. The molecule has 0 aliphatic heterocycles. The third-order valence-corrected chi connectivity index (χ3v) is 3.64. The van der Waals surface area contributed by atoms with Gasteiger partial charge in [0.1, 0.15) is 5.75 Å². The van der Waals surface area contributed by atoms with Gasteiger partial charge in [-0.25, -0.2) is 0 Å². The first-order chi connectivity index (χ1) is 8.69. The van der Waals surface area contributed by atoms with Gasteiger partial charge in [0.25, 0.3) is 0 Å². The van der Waals surface area contributed by atoms with Gasteiger partial charge in [-0.05, 0) is 43.7 Å². The summed E-state index contributed by atoms with van der Waals surface area (Å²) in [6, 6.07) is 5.74. The van der Waals surface area contributed by atoms with Crippen molar-refractivity contribution in [1.82, 2.24) is 0 Å². The number of anilines is 2. The maximum absolute atomic E-state index is 9.46. The number of nitrogen functional groups attached to an aromatic ring is 1. The zero-order chi connectivity index (χ0) is 13.0. The summed E-state index contributed by atoms with van der Waals surface area (Å²) in [7, 11) is 1.62. The first-order valence-electron chi connectivity index (χ1n) is 6.54. The minimum Gasteiger partial charge on any atom is -0.495 e. The van der Waals surface area contributed by atoms with Gasteiger partial charge in [0.05, 0.1) is 18.9 Å². The van der Waals surface area contributed by atoms with E-state index < -0.39 is 0 Å². The van der Waals surface area contributed by atoms with Crippen molar-refractivity contribution >= 4 is 11.4 Å². The first-order valence-corrected chi connectivity index (χ1v) is 6.54. The van der Waals surface area contributed by atoms with E-state index in [1.807, 2.05) is 18.2 Å². The Labute approximate surface area is 108 Å². The predicted molar refractivity (Wildman–Crippen MR) is 73.9 cm³/mol. The molecule has 100 valence electrons. The summed E-state index contributed by atoms with van der Waals surface area (Å²) in [6.07, 6.45) is 3.97. The van der Waals surface area contributed by atoms with Crippen LogP contribution in [-0.4, -0.2) is 24.9 Å². The maximum Gasteiger partial charge on any atom is 0.143 e. The van der Waals surface area contributed by atoms with E-state index in [1.165, 1.54) is 0 Å². The van der Waals surface area contributed by atoms with Gasteiger partial charge in [-0.1, -0.05) is 0 Å². The quantitative estimate of drug-likeness (QED) is 0.717. The highest BCUT2D eigenvalue weighted by Crippen LogP contribution is 2.27. The third-order valence-electron chi connectivity index (χ3n) is 3.64. The summed E-state index contributed by atoms with van der Waals surface area (Å²) < 4.78 is 5.19. The minimum absolute atomic E-state index is 0.0853. The standard InChI is InChI=1S/C14H22N2O2/c1-18-14-8-11(4-7-13(14)15)16-9-10-2-5-12(17)6-3-10/h4,7-8,10,12,16-17H,2-3,5-6,9,15H2,1H3. The van der Waals surface area contributed by atoms with Crippen molar-refractivity contribution in [3.63, 3.8) is 0 Å². The molecule has 0 radical (unpaired) electrons. The molecule has 1 saturated carbocycles. The van der Waals surface area contributed by atoms with Crippen LogP contribution in [-0.2, 0) is 0 Å². The van der Waals surface area contributed by atoms with E-state index in [0.717, 1.165) is 37.9 Å². The van der Waals surface area contributed by atoms with E-state index in [9.17, 15) is 5.11 Å². The lowest BCUT2D eigenvalue weighted by atomic mass is 9.87. The van der Waals surface area contributed by atoms with Crippen LogP contribution in [0.1, 0.15) is 25.7 Å². The van der Waals surface area contributed by atoms with Crippen molar-refractivity contribution in [2.45, 2.75) is 31.8 Å². The molecule has 0 atom stereocenters. The maximum atomic E-state index is 9.46. The molecule has 18 heavy (non-hydrogen) atoms. The van der Waals surface area contributed by atoms with Gasteiger partial charge >= 0.3 is 0 Å². The molecular formula is C14H22N2O2. The number of nitrogens with one attached hydrogen (secondary N) is 1. The van der Waals surface area contributed by atoms with Crippen molar-refractivity contribution in [2.24, 2.45) is 5.92 Å². The lowest BCUT2D eigenvalue weighted by molar-refractivity contribution is 0.111. The van der Waals surface area contributed by atoms with Crippen LogP contribution in [0.4, 0.5) is 11.4 Å². The summed E-state index contributed by atoms with van der Waals surface area (Å²) in [6.45, 7) is 0.944. The van der Waals surface area contributed by atoms with E-state index in [4.69, 9.17) is 10.5 Å². The second-order valence-corrected chi connectivity index (χ2v) is 5.01. The first kappa shape index (κ1) is 13.0. The van der Waals surface area contributed by atoms with Gasteiger partial charge in [-0.15, -0.1) is 0 Å². The van der Waals surface area contributed by atoms with Crippen molar-refractivity contribution < 1.29 is 9.84 Å². The van der Waals surface area contributed by atoms with Gasteiger partial charge in [0, 0.05) is 18.3 Å². The third kappa shape index (κ3) is 3.29. The molecule has 1 aliphatic rings. The molecule has 4 N–H and O–H groups in total. The number of hydrogen-bond acceptors (Lipinski definition) is 4. The van der Waals surface area contributed by atoms with E-state index in [0.29, 0.717) is 17.4 Å². The summed E-state index contributed by atoms with van der Waals surface area (Å²) in [4.78, 5) is 0. The molecule has 0 saturated heterocycles. The van der Waals surface area contributed by atoms with Crippen molar-refractivity contribution in [2.75, 3.05) is 24.7 Å². The Morgan fingerprint density at radius 2 is 2.06 bits per heavy atom. The number of aliphatic hydroxyl groups excluding tert-OH is 1. The molecule has 0 amide bonds. The summed E-state index contributed by atoms with van der Waals surface area (Å²) in [5.74, 6) is 1.36. The largest absolute Gasteiger partial charge is 0.495 e. The monoisotopic (exact) mass is 250 g/mol. The zero-order valence-electron chi connectivity index (χ0n) is 10.9. The molecule has 1 aliphatic carbocycles. The van der Waals surface area contributed by atoms with Crippen molar-refractivity contribution in [1.29, 1.82) is 0 Å². The Morgan fingerprint density at radius 3 is 2.72 bits per heavy atom. The van der Waals surface area contributed by atoms with E-state index in [-0.39, 0.29) is 6.10 Å². The second-order valence-electron chi connectivity index (χ2n) is 5.01. The van der Waals surface area contributed by atoms with Crippen molar-refractivity contribution in [3.05, 3.63) is 18.2 Å². The number of rotatable bonds is 4. The smallest absolute Gasteiger partial charge is 0.143 e. The molecule has 1 aromatic rings. The highest BCUT2D eigenvalue weighted by molar-refractivity contribution is 5.61. The van der Waals surface area contributed by atoms with Crippen LogP contribution >= 0.6 is 0 Å². The number of hydrogen-bond donors (Lipinski definition) is 3. The van der Waals surface area contributed by atoms with Gasteiger partial charge in [0.2, 0.25) is 0 Å². The number of aliphatic hydroxyl groups is 1. The molecule has 0 spiro atoms. The Bertz CT molecular complexity index is 387. The number of methoxy groups -OCH3 is 1. The lowest BCUT2D eigenvalue weighted by Crippen LogP contribution is -2.23. The zero-order valence-corrected chi connectivity index (χ0v) is 10.9. The fourth-order valence-corrected chi connectivity index (χ4v) is 2.43. The highest BCUT2D eigenvalue weighted by atomic mass is 16.5. The minimum atomic E-state index is -0.0853. The molecule has 0 aromatic heterocycles. The average Bonchev–Trinajstić information content (AvgIpc) is 2.39. The molecule has 1 fully saturated rings. The van der Waals surface area contributed by atoms with Crippen LogP contribution in [0.25, 0.3) is 0 Å². The molecule has 4 nitrogen and oxygen atoms in total. The van der Waals surface area contributed by atoms with E-state index in [2.05, 4.69) is 5.32 Å². The molecule has 1 aromatic carbocycles. The van der Waals surface area contributed by atoms with Crippen LogP contribution < -0.4 is 15.8 Å². The molecule has 2 rings (SSSR count). The van der Waals surface area contributed by atoms with Crippen LogP contribution in [0.2, 0.25) is 0 Å². The molecular weight excluding hydrogens is 228 g/mol. The average molecular weight is 250 g/mol. The summed E-state index contributed by atoms with van der Waals surface area (Å²) >= 11 is 0. The van der Waals surface area contributed by atoms with Gasteiger partial charge in [0.15, 0.2) is 0 Å². The van der Waals surface area contributed by atoms with Crippen LogP contribution in [0.3, 0.4) is 0 Å². The van der Waals surface area contributed by atoms with Gasteiger partial charge in [-0.2, -0.15) is 0 Å². The van der Waals surface area contributed by atoms with Gasteiger partial charge < -0.3 is 20.9 Å². The molecule has 4 heteroatoms. The second kappa shape index (κ2) is 5.96. The van der Waals surface area contributed by atoms with Crippen molar-refractivity contribution in [3.8, 4) is 5.75 Å². The Hall–Kier alpha value is -1.42. The normalized spacial score (nSPS) is 23.7. The topological polar surface area (TPSA) is 67.5 Å². The van der Waals surface area contributed by atoms with E-state index in [1.54, 1.807) is 7.11 Å². The molecule has 0 heterocycles. The fourth-order valence-electron chi connectivity index (χ4n) is 2.43. The van der Waals surface area contributed by atoms with Crippen LogP contribution in [0.15, 0.2) is 18.2 Å². The number of benzene rings is 1. The summed E-state index contributed by atoms with van der Waals surface area (Å²) in [5.41, 5.74) is 7.46. The predicted octanol–water partition coefficient (Wildman–Crippen LogP) is 2.24. The highest BCUT2D eigenvalue weighted by Gasteiger charge is 2.18. The summed E-state index contributed by atoms with van der Waals surface area (Å²) in [5, 5.41) is 12.9. The molecule has 0 unspecified atom stereocenters.